The van der Waals surface area contributed by atoms with Crippen molar-refractivity contribution in [2.24, 2.45) is 4.99 Å². The molecule has 162 valence electrons. The third-order valence-corrected chi connectivity index (χ3v) is 5.18. The van der Waals surface area contributed by atoms with Gasteiger partial charge in [0.15, 0.2) is 12.5 Å². The summed E-state index contributed by atoms with van der Waals surface area (Å²) in [6, 6.07) is 14.9. The fourth-order valence-corrected chi connectivity index (χ4v) is 3.40. The second kappa shape index (κ2) is 9.59. The molecule has 8 nitrogen and oxygen atoms in total. The van der Waals surface area contributed by atoms with Crippen LogP contribution in [0.15, 0.2) is 65.9 Å². The van der Waals surface area contributed by atoms with E-state index < -0.39 is 0 Å². The number of aliphatic hydroxyl groups excluding tert-OH is 1. The van der Waals surface area contributed by atoms with Gasteiger partial charge in [0.05, 0.1) is 41.1 Å². The van der Waals surface area contributed by atoms with Crippen molar-refractivity contribution in [1.82, 2.24) is 20.0 Å². The number of aromatic nitrogens is 4. The van der Waals surface area contributed by atoms with E-state index in [1.807, 2.05) is 43.3 Å². The lowest BCUT2D eigenvalue weighted by Gasteiger charge is -2.14. The van der Waals surface area contributed by atoms with Gasteiger partial charge < -0.3 is 15.2 Å². The summed E-state index contributed by atoms with van der Waals surface area (Å²) in [7, 11) is 0. The Morgan fingerprint density at radius 3 is 2.56 bits per heavy atom. The summed E-state index contributed by atoms with van der Waals surface area (Å²) in [5, 5.41) is 21.2. The van der Waals surface area contributed by atoms with Crippen LogP contribution in [-0.4, -0.2) is 38.5 Å². The summed E-state index contributed by atoms with van der Waals surface area (Å²) < 4.78 is 5.74. The summed E-state index contributed by atoms with van der Waals surface area (Å²) >= 11 is 6.52. The van der Waals surface area contributed by atoms with E-state index in [0.717, 1.165) is 22.4 Å². The topological polar surface area (TPSA) is 97.5 Å². The van der Waals surface area contributed by atoms with Crippen LogP contribution in [0, 0.1) is 6.92 Å². The molecule has 0 saturated carbocycles. The third-order valence-electron chi connectivity index (χ3n) is 4.89. The highest BCUT2D eigenvalue weighted by Crippen LogP contribution is 2.34. The number of aliphatic hydroxyl groups is 1. The van der Waals surface area contributed by atoms with E-state index >= 15 is 0 Å². The van der Waals surface area contributed by atoms with Gasteiger partial charge in [-0.3, -0.25) is 0 Å². The predicted molar refractivity (Wildman–Crippen MR) is 125 cm³/mol. The van der Waals surface area contributed by atoms with E-state index in [0.29, 0.717) is 28.0 Å². The molecule has 2 aromatic heterocycles. The van der Waals surface area contributed by atoms with Gasteiger partial charge in [-0.05, 0) is 55.1 Å². The Morgan fingerprint density at radius 1 is 1.12 bits per heavy atom. The molecule has 2 aromatic carbocycles. The average molecular weight is 449 g/mol. The van der Waals surface area contributed by atoms with Crippen molar-refractivity contribution in [2.45, 2.75) is 13.5 Å². The van der Waals surface area contributed by atoms with Gasteiger partial charge >= 0.3 is 0 Å². The van der Waals surface area contributed by atoms with E-state index in [1.165, 1.54) is 4.80 Å². The van der Waals surface area contributed by atoms with Crippen molar-refractivity contribution in [1.29, 1.82) is 0 Å². The van der Waals surface area contributed by atoms with Crippen LogP contribution in [0.1, 0.15) is 11.1 Å². The van der Waals surface area contributed by atoms with Gasteiger partial charge in [0.1, 0.15) is 5.75 Å². The first kappa shape index (κ1) is 21.5. The Balaban J connectivity index is 1.50. The molecule has 0 saturated heterocycles. The summed E-state index contributed by atoms with van der Waals surface area (Å²) in [6.45, 7) is 5.68. The average Bonchev–Trinajstić information content (AvgIpc) is 3.35. The number of hydrogen-bond donors (Lipinski definition) is 2. The van der Waals surface area contributed by atoms with E-state index in [9.17, 15) is 5.11 Å². The second-order valence-corrected chi connectivity index (χ2v) is 7.33. The van der Waals surface area contributed by atoms with Crippen LogP contribution in [0.4, 0.5) is 11.5 Å². The number of nitrogens with one attached hydrogen (secondary N) is 1. The lowest BCUT2D eigenvalue weighted by molar-refractivity contribution is 0.279. The van der Waals surface area contributed by atoms with Gasteiger partial charge in [0.2, 0.25) is 0 Å². The summed E-state index contributed by atoms with van der Waals surface area (Å²) in [5.74, 6) is 1.05. The Bertz CT molecular complexity index is 1230. The Hall–Kier alpha value is -3.75. The van der Waals surface area contributed by atoms with Gasteiger partial charge in [0, 0.05) is 5.56 Å². The fraction of sp³-hybridized carbons (Fsp3) is 0.130. The molecule has 4 aromatic rings. The van der Waals surface area contributed by atoms with Gasteiger partial charge in [-0.25, -0.2) is 9.98 Å². The summed E-state index contributed by atoms with van der Waals surface area (Å²) in [4.78, 5) is 10.1. The lowest BCUT2D eigenvalue weighted by atomic mass is 10.1. The monoisotopic (exact) mass is 448 g/mol. The Morgan fingerprint density at radius 2 is 1.88 bits per heavy atom. The van der Waals surface area contributed by atoms with Gasteiger partial charge in [-0.2, -0.15) is 15.0 Å². The fourth-order valence-electron chi connectivity index (χ4n) is 3.14. The van der Waals surface area contributed by atoms with Crippen molar-refractivity contribution in [3.63, 3.8) is 0 Å². The molecule has 0 radical (unpaired) electrons. The molecule has 0 bridgehead atoms. The minimum absolute atomic E-state index is 0.0403. The van der Waals surface area contributed by atoms with E-state index in [-0.39, 0.29) is 13.3 Å². The van der Waals surface area contributed by atoms with Crippen molar-refractivity contribution in [3.8, 4) is 22.7 Å². The number of aryl methyl sites for hydroxylation is 1. The van der Waals surface area contributed by atoms with Crippen LogP contribution in [0.2, 0.25) is 5.02 Å². The highest BCUT2D eigenvalue weighted by atomic mass is 35.5. The van der Waals surface area contributed by atoms with Crippen LogP contribution < -0.4 is 10.1 Å². The molecule has 0 aliphatic rings. The number of rotatable bonds is 8. The van der Waals surface area contributed by atoms with Gasteiger partial charge in [-0.1, -0.05) is 29.8 Å². The molecule has 0 spiro atoms. The number of benzene rings is 2. The van der Waals surface area contributed by atoms with E-state index in [1.54, 1.807) is 24.5 Å². The van der Waals surface area contributed by atoms with Crippen molar-refractivity contribution in [2.75, 3.05) is 12.0 Å². The molecule has 0 aliphatic carbocycles. The number of halogens is 1. The molecule has 2 N–H and O–H groups in total. The molecular weight excluding hydrogens is 428 g/mol. The number of ether oxygens (including phenoxy) is 1. The zero-order chi connectivity index (χ0) is 22.5. The molecule has 4 rings (SSSR count). The van der Waals surface area contributed by atoms with Crippen molar-refractivity contribution in [3.05, 3.63) is 77.1 Å². The number of aliphatic imine (C=N–C) groups is 1. The normalized spacial score (nSPS) is 10.7. The molecular formula is C23H21ClN6O2. The smallest absolute Gasteiger partial charge is 0.175 e. The lowest BCUT2D eigenvalue weighted by Crippen LogP contribution is -2.10. The maximum atomic E-state index is 9.41. The first-order valence-electron chi connectivity index (χ1n) is 9.80. The molecule has 32 heavy (non-hydrogen) atoms. The molecule has 0 atom stereocenters. The maximum absolute atomic E-state index is 9.41. The van der Waals surface area contributed by atoms with Crippen LogP contribution in [-0.2, 0) is 6.61 Å². The van der Waals surface area contributed by atoms with E-state index in [2.05, 4.69) is 32.2 Å². The predicted octanol–water partition coefficient (Wildman–Crippen LogP) is 4.56. The number of nitrogens with zero attached hydrogens (tertiary/aromatic N) is 5. The Labute approximate surface area is 190 Å². The molecule has 9 heteroatoms. The molecule has 0 fully saturated rings. The second-order valence-electron chi connectivity index (χ2n) is 6.93. The zero-order valence-electron chi connectivity index (χ0n) is 17.4. The van der Waals surface area contributed by atoms with Crippen molar-refractivity contribution >= 4 is 29.8 Å². The molecule has 0 unspecified atom stereocenters. The minimum Gasteiger partial charge on any atom is -0.473 e. The maximum Gasteiger partial charge on any atom is 0.175 e. The van der Waals surface area contributed by atoms with Crippen LogP contribution in [0.3, 0.4) is 0 Å². The largest absolute Gasteiger partial charge is 0.473 e. The SMILES string of the molecule is C=Nc1nc(-c2ccc(-n3nccn3)cc2)c(Cl)cc1NCOc1ccc(C)c(CO)c1. The number of pyridine rings is 1. The van der Waals surface area contributed by atoms with Crippen molar-refractivity contribution < 1.29 is 9.84 Å². The van der Waals surface area contributed by atoms with Gasteiger partial charge in [0.25, 0.3) is 0 Å². The Kier molecular flexibility index (Phi) is 6.44. The highest BCUT2D eigenvalue weighted by Gasteiger charge is 2.12. The minimum atomic E-state index is -0.0403. The van der Waals surface area contributed by atoms with Crippen LogP contribution in [0.25, 0.3) is 16.9 Å². The summed E-state index contributed by atoms with van der Waals surface area (Å²) in [6.07, 6.45) is 3.24. The first-order chi connectivity index (χ1) is 15.6. The molecule has 0 aliphatic heterocycles. The molecule has 2 heterocycles. The van der Waals surface area contributed by atoms with Crippen LogP contribution >= 0.6 is 11.6 Å². The third kappa shape index (κ3) is 4.61. The number of hydrogen-bond acceptors (Lipinski definition) is 7. The zero-order valence-corrected chi connectivity index (χ0v) is 18.1. The first-order valence-corrected chi connectivity index (χ1v) is 10.2. The molecule has 0 amide bonds. The summed E-state index contributed by atoms with van der Waals surface area (Å²) in [5.41, 5.74) is 4.67. The quantitative estimate of drug-likeness (QED) is 0.303. The van der Waals surface area contributed by atoms with Gasteiger partial charge in [-0.15, -0.1) is 0 Å². The highest BCUT2D eigenvalue weighted by molar-refractivity contribution is 6.33. The number of anilines is 1. The van der Waals surface area contributed by atoms with E-state index in [4.69, 9.17) is 16.3 Å². The standard InChI is InChI=1S/C23H21ClN6O2/c1-15-3-8-19(11-17(15)13-31)32-14-26-21-12-20(24)22(29-23(21)25-2)16-4-6-18(7-5-16)30-27-9-10-28-30/h3-12,26,31H,2,13-14H2,1H3. The van der Waals surface area contributed by atoms with Crippen LogP contribution in [0.5, 0.6) is 5.75 Å².